The van der Waals surface area contributed by atoms with Crippen molar-refractivity contribution in [3.05, 3.63) is 151 Å². The fourth-order valence-corrected chi connectivity index (χ4v) is 5.13. The molecule has 2 aliphatic rings. The van der Waals surface area contributed by atoms with E-state index in [2.05, 4.69) is 14.5 Å². The molecule has 0 saturated heterocycles. The minimum Gasteiger partial charge on any atom is -0.237 e. The van der Waals surface area contributed by atoms with Gasteiger partial charge in [0.05, 0.1) is 37.4 Å². The average molecular weight is 552 g/mol. The Labute approximate surface area is 236 Å². The lowest BCUT2D eigenvalue weighted by molar-refractivity contribution is 0.590. The molecule has 0 unspecified atom stereocenters. The van der Waals surface area contributed by atoms with E-state index in [0.717, 1.165) is 24.3 Å². The molecular formula is C32H8F4N6. The van der Waals surface area contributed by atoms with Gasteiger partial charge in [-0.05, 0) is 52.1 Å². The third-order valence-electron chi connectivity index (χ3n) is 6.75. The van der Waals surface area contributed by atoms with Gasteiger partial charge in [-0.3, -0.25) is 0 Å². The van der Waals surface area contributed by atoms with Gasteiger partial charge in [-0.2, -0.15) is 5.26 Å². The van der Waals surface area contributed by atoms with Crippen LogP contribution in [0.1, 0.15) is 33.4 Å². The molecule has 3 aromatic rings. The Morgan fingerprint density at radius 1 is 0.595 bits per heavy atom. The lowest BCUT2D eigenvalue weighted by Gasteiger charge is -2.15. The van der Waals surface area contributed by atoms with E-state index in [1.165, 1.54) is 24.3 Å². The van der Waals surface area contributed by atoms with Crippen LogP contribution in [-0.2, 0) is 0 Å². The summed E-state index contributed by atoms with van der Waals surface area (Å²) in [6.07, 6.45) is 0. The summed E-state index contributed by atoms with van der Waals surface area (Å²) in [5.41, 5.74) is -6.05. The summed E-state index contributed by atoms with van der Waals surface area (Å²) in [6.45, 7) is 22.9. The molecule has 0 heterocycles. The summed E-state index contributed by atoms with van der Waals surface area (Å²) in [5, 5.41) is 29.7. The van der Waals surface area contributed by atoms with Crippen molar-refractivity contribution in [2.75, 3.05) is 0 Å². The summed E-state index contributed by atoms with van der Waals surface area (Å²) in [7, 11) is 0. The molecule has 2 aliphatic carbocycles. The van der Waals surface area contributed by atoms with Crippen molar-refractivity contribution in [1.29, 1.82) is 15.8 Å². The smallest absolute Gasteiger partial charge is 0.237 e. The summed E-state index contributed by atoms with van der Waals surface area (Å²) < 4.78 is 61.1. The molecule has 0 radical (unpaired) electrons. The van der Waals surface area contributed by atoms with Crippen molar-refractivity contribution in [3.8, 4) is 18.2 Å². The second-order valence-corrected chi connectivity index (χ2v) is 8.73. The maximum Gasteiger partial charge on any atom is 0.270 e. The summed E-state index contributed by atoms with van der Waals surface area (Å²) >= 11 is 0. The lowest BCUT2D eigenvalue weighted by atomic mass is 9.90. The van der Waals surface area contributed by atoms with Crippen LogP contribution in [0.4, 0.5) is 17.6 Å². The molecule has 10 heteroatoms. The van der Waals surface area contributed by atoms with E-state index in [9.17, 15) is 24.6 Å². The third-order valence-corrected chi connectivity index (χ3v) is 6.75. The molecule has 3 aromatic carbocycles. The quantitative estimate of drug-likeness (QED) is 0.185. The average Bonchev–Trinajstić information content (AvgIpc) is 3.53. The van der Waals surface area contributed by atoms with Crippen molar-refractivity contribution < 1.29 is 17.6 Å². The molecule has 0 aromatic heterocycles. The topological polar surface area (TPSA) is 84.4 Å². The third kappa shape index (κ3) is 3.66. The van der Waals surface area contributed by atoms with Gasteiger partial charge in [0.1, 0.15) is 29.3 Å². The summed E-state index contributed by atoms with van der Waals surface area (Å²) in [5.74, 6) is -3.86. The molecule has 0 saturated carbocycles. The number of fused-ring (bicyclic) bond motifs is 2. The van der Waals surface area contributed by atoms with Crippen LogP contribution in [0.2, 0.25) is 0 Å². The Morgan fingerprint density at radius 3 is 1.45 bits per heavy atom. The lowest BCUT2D eigenvalue weighted by Crippen LogP contribution is -2.04. The van der Waals surface area contributed by atoms with Gasteiger partial charge in [-0.25, -0.2) is 42.6 Å². The van der Waals surface area contributed by atoms with Gasteiger partial charge < -0.3 is 0 Å². The molecule has 0 bridgehead atoms. The van der Waals surface area contributed by atoms with Gasteiger partial charge in [0.15, 0.2) is 0 Å². The van der Waals surface area contributed by atoms with Crippen molar-refractivity contribution in [3.63, 3.8) is 0 Å². The molecule has 5 rings (SSSR count). The van der Waals surface area contributed by atoms with E-state index >= 15 is 8.78 Å². The van der Waals surface area contributed by atoms with Crippen molar-refractivity contribution in [1.82, 2.24) is 0 Å². The van der Waals surface area contributed by atoms with Gasteiger partial charge in [-0.1, -0.05) is 24.3 Å². The van der Waals surface area contributed by atoms with E-state index in [4.69, 9.17) is 19.7 Å². The minimum atomic E-state index is -1.28. The highest BCUT2D eigenvalue weighted by Crippen LogP contribution is 2.57. The Bertz CT molecular complexity index is 1970. The molecule has 0 spiro atoms. The van der Waals surface area contributed by atoms with Gasteiger partial charge >= 0.3 is 0 Å². The number of nitrogens with zero attached hydrogens (tertiary/aromatic N) is 6. The second-order valence-electron chi connectivity index (χ2n) is 8.73. The normalized spacial score (nSPS) is 15.4. The first-order valence-corrected chi connectivity index (χ1v) is 11.7. The molecular weight excluding hydrogens is 544 g/mol. The highest BCUT2D eigenvalue weighted by Gasteiger charge is 2.43. The van der Waals surface area contributed by atoms with Crippen LogP contribution in [-0.4, -0.2) is 0 Å². The molecule has 0 amide bonds. The molecule has 0 aliphatic heterocycles. The van der Waals surface area contributed by atoms with Crippen molar-refractivity contribution >= 4 is 33.6 Å². The maximum absolute atomic E-state index is 16.8. The van der Waals surface area contributed by atoms with Crippen LogP contribution < -0.4 is 0 Å². The second kappa shape index (κ2) is 10.1. The van der Waals surface area contributed by atoms with E-state index in [-0.39, 0.29) is 22.3 Å². The predicted molar refractivity (Wildman–Crippen MR) is 143 cm³/mol. The Hall–Kier alpha value is -6.72. The molecule has 0 atom stereocenters. The van der Waals surface area contributed by atoms with Crippen LogP contribution >= 0.6 is 0 Å². The van der Waals surface area contributed by atoms with E-state index in [1.54, 1.807) is 18.2 Å². The fourth-order valence-electron chi connectivity index (χ4n) is 5.13. The summed E-state index contributed by atoms with van der Waals surface area (Å²) in [4.78, 5) is 9.71. The van der Waals surface area contributed by atoms with Crippen LogP contribution in [0.15, 0.2) is 59.9 Å². The minimum absolute atomic E-state index is 0.0806. The largest absolute Gasteiger partial charge is 0.270 e. The zero-order valence-corrected chi connectivity index (χ0v) is 20.8. The van der Waals surface area contributed by atoms with Gasteiger partial charge in [0.2, 0.25) is 5.70 Å². The first-order chi connectivity index (χ1) is 20.3. The number of halogens is 4. The van der Waals surface area contributed by atoms with Gasteiger partial charge in [-0.15, -0.1) is 0 Å². The van der Waals surface area contributed by atoms with Crippen LogP contribution in [0.25, 0.3) is 48.1 Å². The van der Waals surface area contributed by atoms with Crippen LogP contribution in [0, 0.1) is 77.0 Å². The zero-order chi connectivity index (χ0) is 30.3. The molecule has 194 valence electrons. The highest BCUT2D eigenvalue weighted by atomic mass is 19.1. The number of nitriles is 3. The fraction of sp³-hybridized carbons (Fsp3) is 0. The zero-order valence-electron chi connectivity index (χ0n) is 20.8. The predicted octanol–water partition coefficient (Wildman–Crippen LogP) is 7.80. The Kier molecular flexibility index (Phi) is 6.47. The number of benzene rings is 3. The Balaban J connectivity index is 2.02. The first kappa shape index (κ1) is 26.9. The molecule has 0 N–H and O–H groups in total. The van der Waals surface area contributed by atoms with Crippen molar-refractivity contribution in [2.24, 2.45) is 0 Å². The molecule has 0 fully saturated rings. The standard InChI is InChI=1S/C32H8F4N6/c1-40-20(13-38)25-22(15-4-8-17(33)9-5-15)19(12-37)24-27(25)31(36)29-28(30(24)35)26(21(14-39)41-2)23(32(29)42-3)16-6-10-18(34)11-7-16/h4-11H/b25-20-,26-21+. The number of rotatable bonds is 2. The van der Waals surface area contributed by atoms with E-state index < -0.39 is 79.3 Å². The molecule has 42 heavy (non-hydrogen) atoms. The number of allylic oxidation sites excluding steroid dienone is 7. The SMILES string of the molecule is [C-]#[N+]C1=C(c2ccc(F)cc2)/C(=C(/C#N)[N+]#[C-])c2c(F)c3c(c(F)c21)/C(=C(/C#N)[N+]#[C-])C(c1ccc(F)cc1)=C3C#N. The van der Waals surface area contributed by atoms with Gasteiger partial charge in [0.25, 0.3) is 11.4 Å². The van der Waals surface area contributed by atoms with Crippen LogP contribution in [0.3, 0.4) is 0 Å². The maximum atomic E-state index is 16.8. The van der Waals surface area contributed by atoms with E-state index in [1.807, 2.05) is 0 Å². The van der Waals surface area contributed by atoms with Gasteiger partial charge in [0, 0.05) is 27.8 Å². The Morgan fingerprint density at radius 2 is 1.02 bits per heavy atom. The number of hydrogen-bond acceptors (Lipinski definition) is 3. The first-order valence-electron chi connectivity index (χ1n) is 11.7. The van der Waals surface area contributed by atoms with Crippen LogP contribution in [0.5, 0.6) is 0 Å². The van der Waals surface area contributed by atoms with Crippen molar-refractivity contribution in [2.45, 2.75) is 0 Å². The van der Waals surface area contributed by atoms with E-state index in [0.29, 0.717) is 0 Å². The molecule has 6 nitrogen and oxygen atoms in total. The highest BCUT2D eigenvalue weighted by molar-refractivity contribution is 6.29. The monoisotopic (exact) mass is 552 g/mol. The number of hydrogen-bond donors (Lipinski definition) is 0. The summed E-state index contributed by atoms with van der Waals surface area (Å²) in [6, 6.07) is 14.0.